The SMILES string of the molecule is Cc1cc(Nc2ccc(N3CCCC3)cc2)nc(Nc2cccc3cccnc23)n1. The van der Waals surface area contributed by atoms with Crippen LogP contribution < -0.4 is 15.5 Å². The zero-order chi connectivity index (χ0) is 20.3. The molecular formula is C24H24N6. The lowest BCUT2D eigenvalue weighted by Gasteiger charge is -2.18. The summed E-state index contributed by atoms with van der Waals surface area (Å²) in [5, 5.41) is 7.80. The highest BCUT2D eigenvalue weighted by Crippen LogP contribution is 2.26. The average molecular weight is 396 g/mol. The predicted octanol–water partition coefficient (Wildman–Crippen LogP) is 5.42. The molecule has 0 spiro atoms. The number of nitrogens with one attached hydrogen (secondary N) is 2. The van der Waals surface area contributed by atoms with E-state index in [4.69, 9.17) is 0 Å². The molecule has 30 heavy (non-hydrogen) atoms. The molecule has 0 saturated carbocycles. The van der Waals surface area contributed by atoms with E-state index in [1.54, 1.807) is 6.20 Å². The van der Waals surface area contributed by atoms with Crippen molar-refractivity contribution < 1.29 is 0 Å². The number of hydrogen-bond acceptors (Lipinski definition) is 6. The molecule has 6 heteroatoms. The molecule has 1 fully saturated rings. The first-order chi connectivity index (χ1) is 14.7. The summed E-state index contributed by atoms with van der Waals surface area (Å²) in [6, 6.07) is 20.5. The van der Waals surface area contributed by atoms with Gasteiger partial charge in [-0.15, -0.1) is 0 Å². The van der Waals surface area contributed by atoms with Crippen molar-refractivity contribution in [3.05, 3.63) is 72.6 Å². The van der Waals surface area contributed by atoms with Crippen LogP contribution in [0.15, 0.2) is 66.9 Å². The molecule has 0 atom stereocenters. The molecule has 0 radical (unpaired) electrons. The number of fused-ring (bicyclic) bond motifs is 1. The lowest BCUT2D eigenvalue weighted by molar-refractivity contribution is 0.949. The number of aromatic nitrogens is 3. The largest absolute Gasteiger partial charge is 0.372 e. The summed E-state index contributed by atoms with van der Waals surface area (Å²) in [5.41, 5.74) is 4.96. The van der Waals surface area contributed by atoms with Gasteiger partial charge in [0.1, 0.15) is 5.82 Å². The molecule has 0 amide bonds. The predicted molar refractivity (Wildman–Crippen MR) is 123 cm³/mol. The minimum absolute atomic E-state index is 0.546. The highest BCUT2D eigenvalue weighted by Gasteiger charge is 2.12. The summed E-state index contributed by atoms with van der Waals surface area (Å²) in [4.78, 5) is 16.1. The van der Waals surface area contributed by atoms with Gasteiger partial charge in [0.15, 0.2) is 0 Å². The van der Waals surface area contributed by atoms with Crippen LogP contribution in [0.5, 0.6) is 0 Å². The van der Waals surface area contributed by atoms with Gasteiger partial charge in [-0.05, 0) is 56.2 Å². The number of rotatable bonds is 5. The Morgan fingerprint density at radius 1 is 0.867 bits per heavy atom. The van der Waals surface area contributed by atoms with E-state index >= 15 is 0 Å². The Morgan fingerprint density at radius 2 is 1.67 bits per heavy atom. The maximum Gasteiger partial charge on any atom is 0.229 e. The third-order valence-corrected chi connectivity index (χ3v) is 5.34. The minimum Gasteiger partial charge on any atom is -0.372 e. The fourth-order valence-corrected chi connectivity index (χ4v) is 3.89. The number of aryl methyl sites for hydroxylation is 1. The molecule has 0 aliphatic carbocycles. The second-order valence-electron chi connectivity index (χ2n) is 7.59. The summed E-state index contributed by atoms with van der Waals surface area (Å²) >= 11 is 0. The van der Waals surface area contributed by atoms with Gasteiger partial charge < -0.3 is 15.5 Å². The van der Waals surface area contributed by atoms with Gasteiger partial charge in [0.2, 0.25) is 5.95 Å². The van der Waals surface area contributed by atoms with Gasteiger partial charge in [-0.2, -0.15) is 4.98 Å². The molecule has 1 aliphatic heterocycles. The van der Waals surface area contributed by atoms with E-state index < -0.39 is 0 Å². The van der Waals surface area contributed by atoms with E-state index in [9.17, 15) is 0 Å². The van der Waals surface area contributed by atoms with Crippen molar-refractivity contribution in [3.63, 3.8) is 0 Å². The van der Waals surface area contributed by atoms with Gasteiger partial charge >= 0.3 is 0 Å². The molecule has 0 unspecified atom stereocenters. The van der Waals surface area contributed by atoms with Crippen molar-refractivity contribution in [2.24, 2.45) is 0 Å². The van der Waals surface area contributed by atoms with Crippen LogP contribution in [0.4, 0.5) is 28.8 Å². The van der Waals surface area contributed by atoms with Crippen LogP contribution in [0.3, 0.4) is 0 Å². The molecule has 5 rings (SSSR count). The van der Waals surface area contributed by atoms with Crippen LogP contribution in [0.25, 0.3) is 10.9 Å². The second-order valence-corrected chi connectivity index (χ2v) is 7.59. The molecule has 0 bridgehead atoms. The zero-order valence-corrected chi connectivity index (χ0v) is 17.0. The maximum absolute atomic E-state index is 4.66. The molecule has 1 saturated heterocycles. The first-order valence-electron chi connectivity index (χ1n) is 10.3. The highest BCUT2D eigenvalue weighted by atomic mass is 15.2. The van der Waals surface area contributed by atoms with Crippen LogP contribution in [0.2, 0.25) is 0 Å². The lowest BCUT2D eigenvalue weighted by Crippen LogP contribution is -2.17. The third kappa shape index (κ3) is 3.89. The lowest BCUT2D eigenvalue weighted by atomic mass is 10.2. The number of para-hydroxylation sites is 1. The van der Waals surface area contributed by atoms with Gasteiger partial charge in [-0.1, -0.05) is 18.2 Å². The highest BCUT2D eigenvalue weighted by molar-refractivity contribution is 5.91. The Bertz CT molecular complexity index is 1160. The summed E-state index contributed by atoms with van der Waals surface area (Å²) in [6.45, 7) is 4.27. The van der Waals surface area contributed by atoms with Crippen molar-refractivity contribution in [3.8, 4) is 0 Å². The summed E-state index contributed by atoms with van der Waals surface area (Å²) in [6.07, 6.45) is 4.35. The molecule has 2 aromatic heterocycles. The van der Waals surface area contributed by atoms with E-state index in [0.717, 1.165) is 46.9 Å². The first kappa shape index (κ1) is 18.4. The Morgan fingerprint density at radius 3 is 2.50 bits per heavy atom. The van der Waals surface area contributed by atoms with Crippen molar-refractivity contribution in [1.29, 1.82) is 0 Å². The number of anilines is 5. The monoisotopic (exact) mass is 396 g/mol. The quantitative estimate of drug-likeness (QED) is 0.469. The fourth-order valence-electron chi connectivity index (χ4n) is 3.89. The summed E-state index contributed by atoms with van der Waals surface area (Å²) in [7, 11) is 0. The van der Waals surface area contributed by atoms with E-state index in [2.05, 4.69) is 54.8 Å². The second kappa shape index (κ2) is 7.99. The molecule has 6 nitrogen and oxygen atoms in total. The normalized spacial score (nSPS) is 13.6. The van der Waals surface area contributed by atoms with Crippen molar-refractivity contribution >= 4 is 39.7 Å². The first-order valence-corrected chi connectivity index (χ1v) is 10.3. The van der Waals surface area contributed by atoms with E-state index in [-0.39, 0.29) is 0 Å². The van der Waals surface area contributed by atoms with E-state index in [0.29, 0.717) is 5.95 Å². The number of pyridine rings is 1. The third-order valence-electron chi connectivity index (χ3n) is 5.34. The molecule has 4 aromatic rings. The van der Waals surface area contributed by atoms with Crippen LogP contribution in [-0.2, 0) is 0 Å². The van der Waals surface area contributed by atoms with Crippen LogP contribution >= 0.6 is 0 Å². The number of hydrogen-bond donors (Lipinski definition) is 2. The Hall–Kier alpha value is -3.67. The van der Waals surface area contributed by atoms with Gasteiger partial charge in [-0.3, -0.25) is 4.98 Å². The van der Waals surface area contributed by atoms with Crippen molar-refractivity contribution in [2.45, 2.75) is 19.8 Å². The van der Waals surface area contributed by atoms with Gasteiger partial charge in [0, 0.05) is 47.8 Å². The Labute approximate surface area is 176 Å². The smallest absolute Gasteiger partial charge is 0.229 e. The Kier molecular flexibility index (Phi) is 4.89. The van der Waals surface area contributed by atoms with Gasteiger partial charge in [0.25, 0.3) is 0 Å². The van der Waals surface area contributed by atoms with Crippen molar-refractivity contribution in [1.82, 2.24) is 15.0 Å². The topological polar surface area (TPSA) is 66.0 Å². The molecule has 150 valence electrons. The average Bonchev–Trinajstić information content (AvgIpc) is 3.29. The zero-order valence-electron chi connectivity index (χ0n) is 17.0. The van der Waals surface area contributed by atoms with Gasteiger partial charge in [0.05, 0.1) is 11.2 Å². The molecule has 1 aliphatic rings. The number of benzene rings is 2. The summed E-state index contributed by atoms with van der Waals surface area (Å²) < 4.78 is 0. The molecule has 2 aromatic carbocycles. The molecule has 3 heterocycles. The minimum atomic E-state index is 0.546. The summed E-state index contributed by atoms with van der Waals surface area (Å²) in [5.74, 6) is 1.30. The maximum atomic E-state index is 4.66. The molecule has 2 N–H and O–H groups in total. The van der Waals surface area contributed by atoms with Crippen molar-refractivity contribution in [2.75, 3.05) is 28.6 Å². The Balaban J connectivity index is 1.37. The number of nitrogens with zero attached hydrogens (tertiary/aromatic N) is 4. The van der Waals surface area contributed by atoms with Crippen LogP contribution in [0, 0.1) is 6.92 Å². The van der Waals surface area contributed by atoms with E-state index in [1.807, 2.05) is 43.3 Å². The van der Waals surface area contributed by atoms with E-state index in [1.165, 1.54) is 18.5 Å². The fraction of sp³-hybridized carbons (Fsp3) is 0.208. The van der Waals surface area contributed by atoms with Crippen LogP contribution in [-0.4, -0.2) is 28.0 Å². The van der Waals surface area contributed by atoms with Crippen LogP contribution in [0.1, 0.15) is 18.5 Å². The van der Waals surface area contributed by atoms with Gasteiger partial charge in [-0.25, -0.2) is 4.98 Å². The molecular weight excluding hydrogens is 372 g/mol. The standard InChI is InChI=1S/C24H24N6/c1-17-16-22(27-19-9-11-20(12-10-19)30-14-2-3-15-30)29-24(26-17)28-21-8-4-6-18-7-5-13-25-23(18)21/h4-13,16H,2-3,14-15H2,1H3,(H2,26,27,28,29).